The van der Waals surface area contributed by atoms with Crippen LogP contribution in [-0.4, -0.2) is 31.6 Å². The number of rotatable bonds is 4. The number of hydrogen-bond donors (Lipinski definition) is 1. The summed E-state index contributed by atoms with van der Waals surface area (Å²) in [4.78, 5) is 2.37. The highest BCUT2D eigenvalue weighted by molar-refractivity contribution is 9.10. The van der Waals surface area contributed by atoms with Gasteiger partial charge in [-0.3, -0.25) is 4.90 Å². The van der Waals surface area contributed by atoms with Crippen LogP contribution in [0.2, 0.25) is 0 Å². The summed E-state index contributed by atoms with van der Waals surface area (Å²) in [7, 11) is 2.16. The van der Waals surface area contributed by atoms with Gasteiger partial charge in [-0.05, 0) is 79.4 Å². The first-order valence-corrected chi connectivity index (χ1v) is 7.73. The second-order valence-corrected chi connectivity index (χ2v) is 6.34. The minimum atomic E-state index is -0.197. The SMILES string of the molecule is CC(c1ccc(F)c(Br)c1)N(C)CC1CCNCC1. The van der Waals surface area contributed by atoms with Crippen LogP contribution in [0, 0.1) is 11.7 Å². The van der Waals surface area contributed by atoms with Crippen LogP contribution in [0.4, 0.5) is 4.39 Å². The maximum Gasteiger partial charge on any atom is 0.137 e. The standard InChI is InChI=1S/C15H22BrFN2/c1-11(13-3-4-15(17)14(16)9-13)19(2)10-12-5-7-18-8-6-12/h3-4,9,11-12,18H,5-8,10H2,1-2H3. The Kier molecular flexibility index (Phi) is 5.37. The van der Waals surface area contributed by atoms with E-state index >= 15 is 0 Å². The number of piperidine rings is 1. The van der Waals surface area contributed by atoms with Crippen LogP contribution in [0.15, 0.2) is 22.7 Å². The molecule has 106 valence electrons. The topological polar surface area (TPSA) is 15.3 Å². The monoisotopic (exact) mass is 328 g/mol. The molecule has 1 aliphatic heterocycles. The van der Waals surface area contributed by atoms with Gasteiger partial charge in [0.05, 0.1) is 4.47 Å². The number of benzene rings is 1. The lowest BCUT2D eigenvalue weighted by Crippen LogP contribution is -2.35. The van der Waals surface area contributed by atoms with Crippen molar-refractivity contribution in [3.8, 4) is 0 Å². The molecule has 0 spiro atoms. The Balaban J connectivity index is 1.97. The zero-order valence-electron chi connectivity index (χ0n) is 11.6. The maximum absolute atomic E-state index is 13.3. The van der Waals surface area contributed by atoms with Crippen LogP contribution >= 0.6 is 15.9 Å². The molecule has 0 aromatic heterocycles. The van der Waals surface area contributed by atoms with Gasteiger partial charge in [0.15, 0.2) is 0 Å². The van der Waals surface area contributed by atoms with Crippen molar-refractivity contribution in [2.24, 2.45) is 5.92 Å². The molecular formula is C15H22BrFN2. The van der Waals surface area contributed by atoms with Gasteiger partial charge in [-0.2, -0.15) is 0 Å². The molecule has 4 heteroatoms. The highest BCUT2D eigenvalue weighted by atomic mass is 79.9. The molecule has 0 radical (unpaired) electrons. The molecule has 2 rings (SSSR count). The number of nitrogens with one attached hydrogen (secondary N) is 1. The highest BCUT2D eigenvalue weighted by Crippen LogP contribution is 2.26. The first-order chi connectivity index (χ1) is 9.08. The van der Waals surface area contributed by atoms with E-state index in [0.29, 0.717) is 10.5 Å². The highest BCUT2D eigenvalue weighted by Gasteiger charge is 2.19. The summed E-state index contributed by atoms with van der Waals surface area (Å²) >= 11 is 3.26. The molecule has 1 atom stereocenters. The summed E-state index contributed by atoms with van der Waals surface area (Å²) in [5, 5.41) is 3.40. The van der Waals surface area contributed by atoms with E-state index in [1.807, 2.05) is 12.1 Å². The molecule has 0 saturated carbocycles. The van der Waals surface area contributed by atoms with Crippen molar-refractivity contribution < 1.29 is 4.39 Å². The summed E-state index contributed by atoms with van der Waals surface area (Å²) in [5.74, 6) is 0.578. The van der Waals surface area contributed by atoms with Gasteiger partial charge in [0, 0.05) is 12.6 Å². The Morgan fingerprint density at radius 2 is 2.11 bits per heavy atom. The van der Waals surface area contributed by atoms with E-state index in [1.165, 1.54) is 18.9 Å². The third-order valence-corrected chi connectivity index (χ3v) is 4.70. The minimum absolute atomic E-state index is 0.197. The van der Waals surface area contributed by atoms with Crippen molar-refractivity contribution in [3.05, 3.63) is 34.1 Å². The smallest absolute Gasteiger partial charge is 0.137 e. The van der Waals surface area contributed by atoms with Crippen LogP contribution in [0.25, 0.3) is 0 Å². The third-order valence-electron chi connectivity index (χ3n) is 4.09. The second-order valence-electron chi connectivity index (χ2n) is 5.48. The molecule has 0 aliphatic carbocycles. The maximum atomic E-state index is 13.3. The fourth-order valence-corrected chi connectivity index (χ4v) is 3.05. The molecule has 1 saturated heterocycles. The van der Waals surface area contributed by atoms with E-state index in [0.717, 1.165) is 31.1 Å². The first-order valence-electron chi connectivity index (χ1n) is 6.94. The molecular weight excluding hydrogens is 307 g/mol. The molecule has 1 N–H and O–H groups in total. The number of halogens is 2. The van der Waals surface area contributed by atoms with Gasteiger partial charge >= 0.3 is 0 Å². The van der Waals surface area contributed by atoms with E-state index in [1.54, 1.807) is 0 Å². The third kappa shape index (κ3) is 4.01. The Labute approximate surface area is 123 Å². The molecule has 1 aromatic rings. The van der Waals surface area contributed by atoms with Crippen LogP contribution in [-0.2, 0) is 0 Å². The van der Waals surface area contributed by atoms with E-state index in [-0.39, 0.29) is 5.82 Å². The Morgan fingerprint density at radius 3 is 2.74 bits per heavy atom. The lowest BCUT2D eigenvalue weighted by atomic mass is 9.96. The fraction of sp³-hybridized carbons (Fsp3) is 0.600. The molecule has 19 heavy (non-hydrogen) atoms. The molecule has 1 aromatic carbocycles. The molecule has 2 nitrogen and oxygen atoms in total. The van der Waals surface area contributed by atoms with Crippen LogP contribution in [0.1, 0.15) is 31.4 Å². The molecule has 1 aliphatic rings. The number of nitrogens with zero attached hydrogens (tertiary/aromatic N) is 1. The molecule has 0 amide bonds. The second kappa shape index (κ2) is 6.82. The van der Waals surface area contributed by atoms with Crippen molar-refractivity contribution >= 4 is 15.9 Å². The van der Waals surface area contributed by atoms with Gasteiger partial charge < -0.3 is 5.32 Å². The van der Waals surface area contributed by atoms with Gasteiger partial charge in [-0.25, -0.2) is 4.39 Å². The van der Waals surface area contributed by atoms with Crippen molar-refractivity contribution in [2.45, 2.75) is 25.8 Å². The van der Waals surface area contributed by atoms with Crippen LogP contribution in [0.5, 0.6) is 0 Å². The van der Waals surface area contributed by atoms with Gasteiger partial charge in [-0.1, -0.05) is 6.07 Å². The van der Waals surface area contributed by atoms with Gasteiger partial charge in [0.2, 0.25) is 0 Å². The Bertz CT molecular complexity index is 419. The van der Waals surface area contributed by atoms with Crippen LogP contribution < -0.4 is 5.32 Å². The summed E-state index contributed by atoms with van der Waals surface area (Å²) < 4.78 is 13.8. The molecule has 1 fully saturated rings. The lowest BCUT2D eigenvalue weighted by Gasteiger charge is -2.31. The summed E-state index contributed by atoms with van der Waals surface area (Å²) in [5.41, 5.74) is 1.16. The van der Waals surface area contributed by atoms with Crippen molar-refractivity contribution in [2.75, 3.05) is 26.7 Å². The minimum Gasteiger partial charge on any atom is -0.317 e. The van der Waals surface area contributed by atoms with Crippen molar-refractivity contribution in [3.63, 3.8) is 0 Å². The van der Waals surface area contributed by atoms with Gasteiger partial charge in [0.1, 0.15) is 5.82 Å². The van der Waals surface area contributed by atoms with Gasteiger partial charge in [-0.15, -0.1) is 0 Å². The van der Waals surface area contributed by atoms with Crippen molar-refractivity contribution in [1.82, 2.24) is 10.2 Å². The average molecular weight is 329 g/mol. The van der Waals surface area contributed by atoms with E-state index in [9.17, 15) is 4.39 Å². The predicted molar refractivity (Wildman–Crippen MR) is 80.7 cm³/mol. The summed E-state index contributed by atoms with van der Waals surface area (Å²) in [6.07, 6.45) is 2.51. The zero-order chi connectivity index (χ0) is 13.8. The normalized spacial score (nSPS) is 18.8. The van der Waals surface area contributed by atoms with E-state index < -0.39 is 0 Å². The summed E-state index contributed by atoms with van der Waals surface area (Å²) in [6, 6.07) is 5.61. The molecule has 1 unspecified atom stereocenters. The molecule has 0 bridgehead atoms. The quantitative estimate of drug-likeness (QED) is 0.908. The van der Waals surface area contributed by atoms with E-state index in [4.69, 9.17) is 0 Å². The van der Waals surface area contributed by atoms with Gasteiger partial charge in [0.25, 0.3) is 0 Å². The fourth-order valence-electron chi connectivity index (χ4n) is 2.66. The van der Waals surface area contributed by atoms with Crippen LogP contribution in [0.3, 0.4) is 0 Å². The van der Waals surface area contributed by atoms with E-state index in [2.05, 4.69) is 40.1 Å². The zero-order valence-corrected chi connectivity index (χ0v) is 13.2. The lowest BCUT2D eigenvalue weighted by molar-refractivity contribution is 0.196. The first kappa shape index (κ1) is 14.9. The molecule has 1 heterocycles. The van der Waals surface area contributed by atoms with Crippen molar-refractivity contribution in [1.29, 1.82) is 0 Å². The summed E-state index contributed by atoms with van der Waals surface area (Å²) in [6.45, 7) is 5.56. The number of hydrogen-bond acceptors (Lipinski definition) is 2. The average Bonchev–Trinajstić information content (AvgIpc) is 2.42. The Morgan fingerprint density at radius 1 is 1.42 bits per heavy atom. The Hall–Kier alpha value is -0.450. The largest absolute Gasteiger partial charge is 0.317 e. The predicted octanol–water partition coefficient (Wildman–Crippen LogP) is 3.58.